The van der Waals surface area contributed by atoms with Crippen molar-refractivity contribution in [3.8, 4) is 0 Å². The van der Waals surface area contributed by atoms with Crippen molar-refractivity contribution in [1.29, 1.82) is 0 Å². The molecular formula is C17H18ClFN2O2. The third-order valence-electron chi connectivity index (χ3n) is 3.41. The Kier molecular flexibility index (Phi) is 5.58. The first-order valence-corrected chi connectivity index (χ1v) is 7.52. The van der Waals surface area contributed by atoms with Gasteiger partial charge in [0.15, 0.2) is 0 Å². The molecule has 0 aliphatic carbocycles. The largest absolute Gasteiger partial charge is 0.386 e. The molecule has 2 rings (SSSR count). The third-order valence-corrected chi connectivity index (χ3v) is 3.74. The number of carbonyl (C=O) groups is 1. The minimum atomic E-state index is -0.950. The van der Waals surface area contributed by atoms with Crippen molar-refractivity contribution in [3.63, 3.8) is 0 Å². The molecule has 2 aromatic rings. The number of halogens is 2. The van der Waals surface area contributed by atoms with Crippen molar-refractivity contribution in [2.75, 3.05) is 5.32 Å². The van der Waals surface area contributed by atoms with E-state index in [1.165, 1.54) is 24.3 Å². The lowest BCUT2D eigenvalue weighted by atomic mass is 10.0. The van der Waals surface area contributed by atoms with Crippen LogP contribution in [0.15, 0.2) is 42.5 Å². The van der Waals surface area contributed by atoms with Gasteiger partial charge in [0.2, 0.25) is 0 Å². The van der Waals surface area contributed by atoms with Gasteiger partial charge in [0.25, 0.3) is 0 Å². The van der Waals surface area contributed by atoms with E-state index in [0.29, 0.717) is 16.3 Å². The maximum Gasteiger partial charge on any atom is 0.319 e. The fourth-order valence-corrected chi connectivity index (χ4v) is 2.29. The molecule has 2 atom stereocenters. The summed E-state index contributed by atoms with van der Waals surface area (Å²) in [5.41, 5.74) is 1.98. The summed E-state index contributed by atoms with van der Waals surface area (Å²) in [6.45, 7) is 3.55. The first-order valence-electron chi connectivity index (χ1n) is 7.14. The molecule has 0 bridgehead atoms. The Morgan fingerprint density at radius 1 is 1.22 bits per heavy atom. The number of amides is 2. The Morgan fingerprint density at radius 3 is 2.52 bits per heavy atom. The summed E-state index contributed by atoms with van der Waals surface area (Å²) in [4.78, 5) is 12.0. The highest BCUT2D eigenvalue weighted by Gasteiger charge is 2.19. The molecule has 6 heteroatoms. The highest BCUT2D eigenvalue weighted by Crippen LogP contribution is 2.23. The van der Waals surface area contributed by atoms with E-state index in [-0.39, 0.29) is 5.82 Å². The fraction of sp³-hybridized carbons (Fsp3) is 0.235. The maximum absolute atomic E-state index is 12.9. The number of hydrogen-bond donors (Lipinski definition) is 3. The second-order valence-electron chi connectivity index (χ2n) is 5.37. The van der Waals surface area contributed by atoms with Gasteiger partial charge in [-0.2, -0.15) is 0 Å². The second-order valence-corrected chi connectivity index (χ2v) is 5.77. The van der Waals surface area contributed by atoms with Crippen molar-refractivity contribution in [1.82, 2.24) is 5.32 Å². The van der Waals surface area contributed by atoms with Gasteiger partial charge in [0.05, 0.1) is 22.9 Å². The maximum atomic E-state index is 12.9. The van der Waals surface area contributed by atoms with E-state index in [9.17, 15) is 14.3 Å². The standard InChI is InChI=1S/C17H18ClFN2O2/c1-10-3-8-14(18)15(9-10)21-17(23)20-11(2)16(22)12-4-6-13(19)7-5-12/h3-9,11,16,22H,1-2H3,(H2,20,21,23). The lowest BCUT2D eigenvalue weighted by Gasteiger charge is -2.21. The van der Waals surface area contributed by atoms with Gasteiger partial charge in [0, 0.05) is 0 Å². The Balaban J connectivity index is 1.99. The van der Waals surface area contributed by atoms with Crippen LogP contribution in [0.25, 0.3) is 0 Å². The quantitative estimate of drug-likeness (QED) is 0.789. The fourth-order valence-electron chi connectivity index (χ4n) is 2.13. The third kappa shape index (κ3) is 4.68. The zero-order valence-corrected chi connectivity index (χ0v) is 13.6. The summed E-state index contributed by atoms with van der Waals surface area (Å²) in [7, 11) is 0. The summed E-state index contributed by atoms with van der Waals surface area (Å²) in [5.74, 6) is -0.381. The predicted octanol–water partition coefficient (Wildman–Crippen LogP) is 4.03. The van der Waals surface area contributed by atoms with E-state index in [0.717, 1.165) is 5.56 Å². The number of anilines is 1. The summed E-state index contributed by atoms with van der Waals surface area (Å²) in [5, 5.41) is 15.9. The molecule has 0 spiro atoms. The van der Waals surface area contributed by atoms with Crippen molar-refractivity contribution in [2.45, 2.75) is 26.0 Å². The minimum absolute atomic E-state index is 0.381. The zero-order valence-electron chi connectivity index (χ0n) is 12.8. The van der Waals surface area contributed by atoms with Crippen LogP contribution in [0.5, 0.6) is 0 Å². The highest BCUT2D eigenvalue weighted by molar-refractivity contribution is 6.33. The van der Waals surface area contributed by atoms with Gasteiger partial charge in [-0.3, -0.25) is 0 Å². The van der Waals surface area contributed by atoms with Crippen molar-refractivity contribution < 1.29 is 14.3 Å². The van der Waals surface area contributed by atoms with Gasteiger partial charge in [-0.15, -0.1) is 0 Å². The Labute approximate surface area is 139 Å². The summed E-state index contributed by atoms with van der Waals surface area (Å²) >= 11 is 6.02. The molecule has 0 saturated heterocycles. The van der Waals surface area contributed by atoms with E-state index in [1.54, 1.807) is 19.1 Å². The number of carbonyl (C=O) groups excluding carboxylic acids is 1. The number of aliphatic hydroxyl groups excluding tert-OH is 1. The van der Waals surface area contributed by atoms with Gasteiger partial charge in [0.1, 0.15) is 5.82 Å². The molecule has 0 saturated carbocycles. The van der Waals surface area contributed by atoms with Crippen molar-refractivity contribution in [3.05, 3.63) is 64.4 Å². The van der Waals surface area contributed by atoms with Crippen LogP contribution in [-0.4, -0.2) is 17.2 Å². The number of aryl methyl sites for hydroxylation is 1. The van der Waals surface area contributed by atoms with Crippen LogP contribution in [0, 0.1) is 12.7 Å². The normalized spacial score (nSPS) is 13.3. The Bertz CT molecular complexity index is 691. The smallest absolute Gasteiger partial charge is 0.319 e. The molecule has 2 unspecified atom stereocenters. The molecule has 0 aliphatic rings. The molecule has 2 aromatic carbocycles. The molecule has 0 aliphatic heterocycles. The van der Waals surface area contributed by atoms with Gasteiger partial charge in [-0.1, -0.05) is 29.8 Å². The van der Waals surface area contributed by atoms with E-state index in [1.807, 2.05) is 13.0 Å². The van der Waals surface area contributed by atoms with E-state index < -0.39 is 18.2 Å². The predicted molar refractivity (Wildman–Crippen MR) is 89.2 cm³/mol. The zero-order chi connectivity index (χ0) is 17.0. The molecule has 3 N–H and O–H groups in total. The summed E-state index contributed by atoms with van der Waals surface area (Å²) in [6.07, 6.45) is -0.950. The first-order chi connectivity index (χ1) is 10.9. The number of benzene rings is 2. The molecule has 0 aromatic heterocycles. The number of nitrogens with one attached hydrogen (secondary N) is 2. The van der Waals surface area contributed by atoms with Crippen molar-refractivity contribution in [2.24, 2.45) is 0 Å². The average Bonchev–Trinajstić information content (AvgIpc) is 2.51. The van der Waals surface area contributed by atoms with Crippen LogP contribution in [-0.2, 0) is 0 Å². The van der Waals surface area contributed by atoms with Crippen LogP contribution in [0.1, 0.15) is 24.2 Å². The Morgan fingerprint density at radius 2 is 1.87 bits per heavy atom. The van der Waals surface area contributed by atoms with Crippen LogP contribution >= 0.6 is 11.6 Å². The summed E-state index contributed by atoms with van der Waals surface area (Å²) in [6, 6.07) is 9.73. The van der Waals surface area contributed by atoms with E-state index in [4.69, 9.17) is 11.6 Å². The summed E-state index contributed by atoms with van der Waals surface area (Å²) < 4.78 is 12.9. The molecule has 4 nitrogen and oxygen atoms in total. The number of aliphatic hydroxyl groups is 1. The minimum Gasteiger partial charge on any atom is -0.386 e. The second kappa shape index (κ2) is 7.44. The number of urea groups is 1. The molecule has 0 fully saturated rings. The topological polar surface area (TPSA) is 61.4 Å². The monoisotopic (exact) mass is 336 g/mol. The van der Waals surface area contributed by atoms with Crippen LogP contribution < -0.4 is 10.6 Å². The van der Waals surface area contributed by atoms with Gasteiger partial charge in [-0.25, -0.2) is 9.18 Å². The lowest BCUT2D eigenvalue weighted by molar-refractivity contribution is 0.139. The highest BCUT2D eigenvalue weighted by atomic mass is 35.5. The van der Waals surface area contributed by atoms with Gasteiger partial charge >= 0.3 is 6.03 Å². The van der Waals surface area contributed by atoms with E-state index >= 15 is 0 Å². The van der Waals surface area contributed by atoms with Crippen LogP contribution in [0.2, 0.25) is 5.02 Å². The lowest BCUT2D eigenvalue weighted by Crippen LogP contribution is -2.39. The molecule has 0 radical (unpaired) electrons. The van der Waals surface area contributed by atoms with E-state index in [2.05, 4.69) is 10.6 Å². The van der Waals surface area contributed by atoms with Gasteiger partial charge in [-0.05, 0) is 49.2 Å². The molecule has 2 amide bonds. The molecule has 23 heavy (non-hydrogen) atoms. The average molecular weight is 337 g/mol. The van der Waals surface area contributed by atoms with Crippen LogP contribution in [0.3, 0.4) is 0 Å². The Hall–Kier alpha value is -2.11. The molecule has 0 heterocycles. The SMILES string of the molecule is Cc1ccc(Cl)c(NC(=O)NC(C)C(O)c2ccc(F)cc2)c1. The van der Waals surface area contributed by atoms with Crippen molar-refractivity contribution >= 4 is 23.3 Å². The first kappa shape index (κ1) is 17.2. The van der Waals surface area contributed by atoms with Gasteiger partial charge < -0.3 is 15.7 Å². The van der Waals surface area contributed by atoms with Crippen LogP contribution in [0.4, 0.5) is 14.9 Å². The number of rotatable bonds is 4. The number of hydrogen-bond acceptors (Lipinski definition) is 2. The molecular weight excluding hydrogens is 319 g/mol. The molecule has 122 valence electrons.